The molecule has 1 aromatic carbocycles. The number of nitrogens with zero attached hydrogens (tertiary/aromatic N) is 1. The van der Waals surface area contributed by atoms with E-state index in [9.17, 15) is 14.4 Å². The molecule has 1 fully saturated rings. The van der Waals surface area contributed by atoms with Crippen LogP contribution in [0.1, 0.15) is 19.4 Å². The summed E-state index contributed by atoms with van der Waals surface area (Å²) in [4.78, 5) is 36.9. The molecule has 1 aliphatic heterocycles. The Morgan fingerprint density at radius 2 is 1.96 bits per heavy atom. The van der Waals surface area contributed by atoms with E-state index < -0.39 is 17.1 Å². The molecule has 134 valence electrons. The zero-order valence-electron chi connectivity index (χ0n) is 14.2. The van der Waals surface area contributed by atoms with Crippen LogP contribution in [0.15, 0.2) is 23.1 Å². The molecule has 0 bridgehead atoms. The molecule has 0 N–H and O–H groups in total. The summed E-state index contributed by atoms with van der Waals surface area (Å²) in [5.41, 5.74) is 0.682. The van der Waals surface area contributed by atoms with Crippen LogP contribution in [0, 0.1) is 0 Å². The molecule has 0 aliphatic carbocycles. The van der Waals surface area contributed by atoms with Gasteiger partial charge in [-0.15, -0.1) is 0 Å². The van der Waals surface area contributed by atoms with Gasteiger partial charge >= 0.3 is 5.97 Å². The summed E-state index contributed by atoms with van der Waals surface area (Å²) in [6, 6.07) is 5.20. The van der Waals surface area contributed by atoms with Gasteiger partial charge in [0.05, 0.1) is 25.2 Å². The van der Waals surface area contributed by atoms with Gasteiger partial charge in [0.2, 0.25) is 0 Å². The Morgan fingerprint density at radius 1 is 1.20 bits per heavy atom. The standard InChI is InChI=1S/C17H19NO6S/c1-4-23-12-7-6-11(8-13(12)22-3)9-14-16(20)18(17(21)25-14)10-15(19)24-5-2/h6-9H,4-5,10H2,1-3H3/b14-9+. The van der Waals surface area contributed by atoms with Crippen molar-refractivity contribution in [2.75, 3.05) is 26.9 Å². The number of methoxy groups -OCH3 is 1. The van der Waals surface area contributed by atoms with E-state index in [0.717, 1.165) is 16.7 Å². The van der Waals surface area contributed by atoms with Gasteiger partial charge in [0.15, 0.2) is 11.5 Å². The predicted molar refractivity (Wildman–Crippen MR) is 93.5 cm³/mol. The van der Waals surface area contributed by atoms with Crippen molar-refractivity contribution >= 4 is 35.0 Å². The number of rotatable bonds is 7. The highest BCUT2D eigenvalue weighted by Crippen LogP contribution is 2.34. The highest BCUT2D eigenvalue weighted by molar-refractivity contribution is 8.18. The average Bonchev–Trinajstić information content (AvgIpc) is 2.84. The lowest BCUT2D eigenvalue weighted by Gasteiger charge is -2.11. The molecule has 0 aromatic heterocycles. The third kappa shape index (κ3) is 4.54. The van der Waals surface area contributed by atoms with Gasteiger partial charge in [0, 0.05) is 0 Å². The van der Waals surface area contributed by atoms with E-state index >= 15 is 0 Å². The maximum absolute atomic E-state index is 12.3. The van der Waals surface area contributed by atoms with E-state index in [2.05, 4.69) is 0 Å². The first-order valence-electron chi connectivity index (χ1n) is 7.72. The topological polar surface area (TPSA) is 82.1 Å². The highest BCUT2D eigenvalue weighted by Gasteiger charge is 2.36. The lowest BCUT2D eigenvalue weighted by atomic mass is 10.2. The summed E-state index contributed by atoms with van der Waals surface area (Å²) in [5, 5.41) is -0.498. The Labute approximate surface area is 149 Å². The first-order valence-corrected chi connectivity index (χ1v) is 8.53. The maximum Gasteiger partial charge on any atom is 0.326 e. The van der Waals surface area contributed by atoms with Crippen molar-refractivity contribution in [2.45, 2.75) is 13.8 Å². The van der Waals surface area contributed by atoms with Crippen LogP contribution in [0.5, 0.6) is 11.5 Å². The molecule has 0 saturated carbocycles. The summed E-state index contributed by atoms with van der Waals surface area (Å²) >= 11 is 0.783. The maximum atomic E-state index is 12.3. The van der Waals surface area contributed by atoms with Gasteiger partial charge in [0.1, 0.15) is 6.54 Å². The van der Waals surface area contributed by atoms with Crippen molar-refractivity contribution in [3.8, 4) is 11.5 Å². The number of ether oxygens (including phenoxy) is 3. The zero-order valence-corrected chi connectivity index (χ0v) is 15.1. The Balaban J connectivity index is 2.20. The first-order chi connectivity index (χ1) is 12.0. The molecule has 0 spiro atoms. The number of carbonyl (C=O) groups excluding carboxylic acids is 3. The molecule has 25 heavy (non-hydrogen) atoms. The van der Waals surface area contributed by atoms with Crippen LogP contribution in [-0.2, 0) is 14.3 Å². The van der Waals surface area contributed by atoms with E-state index in [-0.39, 0.29) is 18.1 Å². The summed E-state index contributed by atoms with van der Waals surface area (Å²) in [5.74, 6) is -0.0105. The molecular formula is C17H19NO6S. The fourth-order valence-electron chi connectivity index (χ4n) is 2.17. The van der Waals surface area contributed by atoms with E-state index in [0.29, 0.717) is 23.7 Å². The number of carbonyl (C=O) groups is 3. The second-order valence-corrected chi connectivity index (χ2v) is 5.91. The molecule has 1 aromatic rings. The van der Waals surface area contributed by atoms with Gasteiger partial charge in [-0.3, -0.25) is 19.3 Å². The fourth-order valence-corrected chi connectivity index (χ4v) is 3.01. The van der Waals surface area contributed by atoms with Gasteiger partial charge < -0.3 is 14.2 Å². The number of thioether (sulfide) groups is 1. The second-order valence-electron chi connectivity index (χ2n) is 4.92. The number of amides is 2. The van der Waals surface area contributed by atoms with Crippen molar-refractivity contribution in [3.63, 3.8) is 0 Å². The normalized spacial score (nSPS) is 15.6. The number of benzene rings is 1. The minimum Gasteiger partial charge on any atom is -0.493 e. The van der Waals surface area contributed by atoms with Crippen molar-refractivity contribution in [3.05, 3.63) is 28.7 Å². The summed E-state index contributed by atoms with van der Waals surface area (Å²) in [7, 11) is 1.52. The number of hydrogen-bond donors (Lipinski definition) is 0. The van der Waals surface area contributed by atoms with Crippen LogP contribution in [0.2, 0.25) is 0 Å². The van der Waals surface area contributed by atoms with Gasteiger partial charge in [0.25, 0.3) is 11.1 Å². The summed E-state index contributed by atoms with van der Waals surface area (Å²) < 4.78 is 15.5. The lowest BCUT2D eigenvalue weighted by molar-refractivity contribution is -0.145. The van der Waals surface area contributed by atoms with Crippen LogP contribution in [0.25, 0.3) is 6.08 Å². The third-order valence-electron chi connectivity index (χ3n) is 3.25. The van der Waals surface area contributed by atoms with Crippen LogP contribution in [0.4, 0.5) is 4.79 Å². The molecule has 7 nitrogen and oxygen atoms in total. The van der Waals surface area contributed by atoms with Crippen molar-refractivity contribution < 1.29 is 28.6 Å². The Hall–Kier alpha value is -2.48. The van der Waals surface area contributed by atoms with E-state index in [4.69, 9.17) is 14.2 Å². The van der Waals surface area contributed by atoms with Crippen molar-refractivity contribution in [1.29, 1.82) is 0 Å². The Morgan fingerprint density at radius 3 is 2.60 bits per heavy atom. The molecule has 0 atom stereocenters. The predicted octanol–water partition coefficient (Wildman–Crippen LogP) is 2.69. The van der Waals surface area contributed by atoms with Crippen LogP contribution in [-0.4, -0.2) is 48.9 Å². The molecular weight excluding hydrogens is 346 g/mol. The quantitative estimate of drug-likeness (QED) is 0.543. The summed E-state index contributed by atoms with van der Waals surface area (Å²) in [6.07, 6.45) is 1.58. The van der Waals surface area contributed by atoms with E-state index in [1.54, 1.807) is 31.2 Å². The smallest absolute Gasteiger partial charge is 0.326 e. The van der Waals surface area contributed by atoms with Crippen molar-refractivity contribution in [2.24, 2.45) is 0 Å². The van der Waals surface area contributed by atoms with Crippen LogP contribution in [0.3, 0.4) is 0 Å². The van der Waals surface area contributed by atoms with E-state index in [1.165, 1.54) is 7.11 Å². The average molecular weight is 365 g/mol. The number of hydrogen-bond acceptors (Lipinski definition) is 7. The summed E-state index contributed by atoms with van der Waals surface area (Å²) in [6.45, 7) is 3.83. The van der Waals surface area contributed by atoms with Gasteiger partial charge in [-0.05, 0) is 49.4 Å². The van der Waals surface area contributed by atoms with Crippen LogP contribution < -0.4 is 9.47 Å². The monoisotopic (exact) mass is 365 g/mol. The number of esters is 1. The number of imide groups is 1. The molecule has 1 heterocycles. The third-order valence-corrected chi connectivity index (χ3v) is 4.16. The minimum atomic E-state index is -0.617. The molecule has 2 amide bonds. The van der Waals surface area contributed by atoms with Crippen molar-refractivity contribution in [1.82, 2.24) is 4.90 Å². The fraction of sp³-hybridized carbons (Fsp3) is 0.353. The second kappa shape index (κ2) is 8.57. The molecule has 0 unspecified atom stereocenters. The van der Waals surface area contributed by atoms with Gasteiger partial charge in [-0.25, -0.2) is 0 Å². The zero-order chi connectivity index (χ0) is 18.4. The van der Waals surface area contributed by atoms with E-state index in [1.807, 2.05) is 6.92 Å². The van der Waals surface area contributed by atoms with Crippen LogP contribution >= 0.6 is 11.8 Å². The Kier molecular flexibility index (Phi) is 6.46. The molecule has 0 radical (unpaired) electrons. The lowest BCUT2D eigenvalue weighted by Crippen LogP contribution is -2.34. The molecule has 2 rings (SSSR count). The van der Waals surface area contributed by atoms with Gasteiger partial charge in [-0.2, -0.15) is 0 Å². The highest BCUT2D eigenvalue weighted by atomic mass is 32.2. The SMILES string of the molecule is CCOC(=O)CN1C(=O)S/C(=C/c2ccc(OCC)c(OC)c2)C1=O. The largest absolute Gasteiger partial charge is 0.493 e. The molecule has 1 saturated heterocycles. The molecule has 8 heteroatoms. The minimum absolute atomic E-state index is 0.191. The Bertz CT molecular complexity index is 715. The van der Waals surface area contributed by atoms with Gasteiger partial charge in [-0.1, -0.05) is 6.07 Å². The first kappa shape index (κ1) is 18.9. The molecule has 1 aliphatic rings.